The molecule has 0 bridgehead atoms. The van der Waals surface area contributed by atoms with Gasteiger partial charge in [0.2, 0.25) is 0 Å². The van der Waals surface area contributed by atoms with Crippen LogP contribution < -0.4 is 5.32 Å². The number of benzene rings is 2. The van der Waals surface area contributed by atoms with E-state index in [1.165, 1.54) is 11.0 Å². The van der Waals surface area contributed by atoms with E-state index >= 15 is 0 Å². The summed E-state index contributed by atoms with van der Waals surface area (Å²) in [4.78, 5) is 1.17. The van der Waals surface area contributed by atoms with E-state index in [1.54, 1.807) is 23.9 Å². The molecule has 1 unspecified atom stereocenters. The highest BCUT2D eigenvalue weighted by atomic mass is 32.2. The van der Waals surface area contributed by atoms with E-state index in [2.05, 4.69) is 5.32 Å². The molecule has 0 aliphatic carbocycles. The highest BCUT2D eigenvalue weighted by molar-refractivity contribution is 8.00. The van der Waals surface area contributed by atoms with E-state index in [0.29, 0.717) is 0 Å². The minimum Gasteiger partial charge on any atom is -0.508 e. The van der Waals surface area contributed by atoms with Gasteiger partial charge in [0.1, 0.15) is 16.9 Å². The summed E-state index contributed by atoms with van der Waals surface area (Å²) in [6.45, 7) is 0. The lowest BCUT2D eigenvalue weighted by atomic mass is 10.2. The van der Waals surface area contributed by atoms with Gasteiger partial charge in [0.05, 0.1) is 0 Å². The van der Waals surface area contributed by atoms with Gasteiger partial charge in [-0.3, -0.25) is 0 Å². The van der Waals surface area contributed by atoms with Crippen LogP contribution in [0.3, 0.4) is 0 Å². The Kier molecular flexibility index (Phi) is 2.37. The van der Waals surface area contributed by atoms with E-state index in [0.717, 1.165) is 11.3 Å². The van der Waals surface area contributed by atoms with Gasteiger partial charge >= 0.3 is 0 Å². The quantitative estimate of drug-likeness (QED) is 0.721. The number of hydrogen-bond donors (Lipinski definition) is 3. The minimum absolute atomic E-state index is 0.00648. The summed E-state index contributed by atoms with van der Waals surface area (Å²) in [6, 6.07) is 12.7. The predicted octanol–water partition coefficient (Wildman–Crippen LogP) is 3.31. The molecule has 0 aromatic heterocycles. The average Bonchev–Trinajstić information content (AvgIpc) is 2.72. The van der Waals surface area contributed by atoms with Crippen LogP contribution in [-0.4, -0.2) is 10.2 Å². The number of aromatic hydroxyl groups is 2. The lowest BCUT2D eigenvalue weighted by molar-refractivity contribution is 0.446. The molecule has 1 aliphatic heterocycles. The van der Waals surface area contributed by atoms with Crippen molar-refractivity contribution in [1.82, 2.24) is 0 Å². The van der Waals surface area contributed by atoms with Gasteiger partial charge in [-0.2, -0.15) is 0 Å². The highest BCUT2D eigenvalue weighted by Gasteiger charge is 2.24. The van der Waals surface area contributed by atoms with E-state index < -0.39 is 0 Å². The molecule has 2 aromatic carbocycles. The smallest absolute Gasteiger partial charge is 0.125 e. The fourth-order valence-corrected chi connectivity index (χ4v) is 3.06. The van der Waals surface area contributed by atoms with Crippen molar-refractivity contribution < 1.29 is 10.2 Å². The third-order valence-electron chi connectivity index (χ3n) is 2.71. The number of rotatable bonds is 1. The fraction of sp³-hybridized carbons (Fsp3) is 0.0769. The number of fused-ring (bicyclic) bond motifs is 1. The fourth-order valence-electron chi connectivity index (χ4n) is 1.88. The summed E-state index contributed by atoms with van der Waals surface area (Å²) in [7, 11) is 0. The summed E-state index contributed by atoms with van der Waals surface area (Å²) in [5.41, 5.74) is 1.86. The molecule has 3 rings (SSSR count). The zero-order valence-electron chi connectivity index (χ0n) is 8.92. The largest absolute Gasteiger partial charge is 0.508 e. The van der Waals surface area contributed by atoms with Crippen LogP contribution >= 0.6 is 11.8 Å². The van der Waals surface area contributed by atoms with Crippen LogP contribution in [0.4, 0.5) is 5.69 Å². The molecule has 3 N–H and O–H groups in total. The highest BCUT2D eigenvalue weighted by Crippen LogP contribution is 2.48. The van der Waals surface area contributed by atoms with Gasteiger partial charge in [-0.15, -0.1) is 0 Å². The Hall–Kier alpha value is -1.81. The Morgan fingerprint density at radius 1 is 1.06 bits per heavy atom. The summed E-state index contributed by atoms with van der Waals surface area (Å²) >= 11 is 1.66. The van der Waals surface area contributed by atoms with Crippen LogP contribution in [0, 0.1) is 0 Å². The summed E-state index contributed by atoms with van der Waals surface area (Å²) in [6.07, 6.45) is 0. The third-order valence-corrected chi connectivity index (χ3v) is 3.93. The maximum atomic E-state index is 9.82. The van der Waals surface area contributed by atoms with Crippen molar-refractivity contribution >= 4 is 17.4 Å². The average molecular weight is 245 g/mol. The monoisotopic (exact) mass is 245 g/mol. The first-order valence-electron chi connectivity index (χ1n) is 5.28. The number of phenolic OH excluding ortho intramolecular Hbond substituents is 2. The van der Waals surface area contributed by atoms with Crippen LogP contribution in [-0.2, 0) is 0 Å². The van der Waals surface area contributed by atoms with Crippen molar-refractivity contribution in [3.63, 3.8) is 0 Å². The molecule has 1 aliphatic rings. The van der Waals surface area contributed by atoms with E-state index in [9.17, 15) is 10.2 Å². The lowest BCUT2D eigenvalue weighted by Gasteiger charge is -2.12. The molecule has 0 radical (unpaired) electrons. The Balaban J connectivity index is 1.94. The molecular formula is C13H11NO2S. The second-order valence-electron chi connectivity index (χ2n) is 3.88. The Morgan fingerprint density at radius 3 is 2.65 bits per heavy atom. The van der Waals surface area contributed by atoms with Gasteiger partial charge in [-0.25, -0.2) is 0 Å². The number of anilines is 1. The van der Waals surface area contributed by atoms with Crippen LogP contribution in [0.2, 0.25) is 0 Å². The van der Waals surface area contributed by atoms with Gasteiger partial charge < -0.3 is 15.5 Å². The first-order chi connectivity index (χ1) is 8.24. The van der Waals surface area contributed by atoms with Crippen LogP contribution in [0.5, 0.6) is 11.5 Å². The predicted molar refractivity (Wildman–Crippen MR) is 68.4 cm³/mol. The van der Waals surface area contributed by atoms with Crippen molar-refractivity contribution in [3.05, 3.63) is 48.0 Å². The molecule has 1 heterocycles. The van der Waals surface area contributed by atoms with Crippen molar-refractivity contribution in [2.24, 2.45) is 0 Å². The Bertz CT molecular complexity index is 546. The molecule has 4 heteroatoms. The van der Waals surface area contributed by atoms with Crippen LogP contribution in [0.25, 0.3) is 0 Å². The number of thioether (sulfide) groups is 1. The van der Waals surface area contributed by atoms with Crippen molar-refractivity contribution in [2.75, 3.05) is 5.32 Å². The first-order valence-corrected chi connectivity index (χ1v) is 6.16. The van der Waals surface area contributed by atoms with E-state index in [-0.39, 0.29) is 16.9 Å². The lowest BCUT2D eigenvalue weighted by Crippen LogP contribution is -2.01. The van der Waals surface area contributed by atoms with E-state index in [4.69, 9.17) is 0 Å². The van der Waals surface area contributed by atoms with Crippen molar-refractivity contribution in [1.29, 1.82) is 0 Å². The molecule has 1 atom stereocenters. The minimum atomic E-state index is -0.00648. The normalized spacial score (nSPS) is 17.5. The molecule has 3 nitrogen and oxygen atoms in total. The maximum absolute atomic E-state index is 9.82. The zero-order valence-corrected chi connectivity index (χ0v) is 9.74. The number of phenols is 2. The van der Waals surface area contributed by atoms with Gasteiger partial charge in [0, 0.05) is 22.2 Å². The zero-order chi connectivity index (χ0) is 11.8. The SMILES string of the molecule is Oc1ccc(C2Nc3ccccc3S2)c(O)c1. The Labute approximate surface area is 103 Å². The van der Waals surface area contributed by atoms with Crippen molar-refractivity contribution in [3.8, 4) is 11.5 Å². The summed E-state index contributed by atoms with van der Waals surface area (Å²) in [5, 5.41) is 22.4. The molecule has 0 saturated carbocycles. The molecular weight excluding hydrogens is 234 g/mol. The van der Waals surface area contributed by atoms with E-state index in [1.807, 2.05) is 24.3 Å². The first kappa shape index (κ1) is 10.4. The molecule has 2 aromatic rings. The molecule has 0 amide bonds. The second kappa shape index (κ2) is 3.89. The van der Waals surface area contributed by atoms with Crippen LogP contribution in [0.1, 0.15) is 10.9 Å². The van der Waals surface area contributed by atoms with Crippen molar-refractivity contribution in [2.45, 2.75) is 10.3 Å². The maximum Gasteiger partial charge on any atom is 0.125 e. The molecule has 86 valence electrons. The topological polar surface area (TPSA) is 52.5 Å². The van der Waals surface area contributed by atoms with Gasteiger partial charge in [0.15, 0.2) is 0 Å². The third kappa shape index (κ3) is 1.80. The summed E-state index contributed by atoms with van der Waals surface area (Å²) in [5.74, 6) is 0.189. The summed E-state index contributed by atoms with van der Waals surface area (Å²) < 4.78 is 0. The van der Waals surface area contributed by atoms with Gasteiger partial charge in [0.25, 0.3) is 0 Å². The molecule has 0 saturated heterocycles. The molecule has 0 spiro atoms. The molecule has 17 heavy (non-hydrogen) atoms. The van der Waals surface area contributed by atoms with Crippen LogP contribution in [0.15, 0.2) is 47.4 Å². The van der Waals surface area contributed by atoms with Gasteiger partial charge in [-0.05, 0) is 24.3 Å². The Morgan fingerprint density at radius 2 is 1.88 bits per heavy atom. The standard InChI is InChI=1S/C13H11NO2S/c15-8-5-6-9(11(16)7-8)13-14-10-3-1-2-4-12(10)17-13/h1-7,13-16H. The number of nitrogens with one attached hydrogen (secondary N) is 1. The van der Waals surface area contributed by atoms with Gasteiger partial charge in [-0.1, -0.05) is 23.9 Å². The number of hydrogen-bond acceptors (Lipinski definition) is 4. The molecule has 0 fully saturated rings. The number of para-hydroxylation sites is 1. The second-order valence-corrected chi connectivity index (χ2v) is 5.03.